The van der Waals surface area contributed by atoms with Gasteiger partial charge in [0.05, 0.1) is 30.5 Å². The number of ether oxygens (including phenoxy) is 1. The van der Waals surface area contributed by atoms with E-state index < -0.39 is 0 Å². The maximum Gasteiger partial charge on any atom is 0.106 e. The molecule has 3 heterocycles. The van der Waals surface area contributed by atoms with Crippen LogP contribution in [-0.2, 0) is 11.2 Å². The standard InChI is InChI=1S/C15H18O3/c1-11-7-13(17-9-11)8-15(2)5-3-14(18-15)12-4-6-16-10-12/h4,6-7,9-10,14H,3,5,8H2,1-2H3. The second-order valence-corrected chi connectivity index (χ2v) is 5.42. The molecule has 3 nitrogen and oxygen atoms in total. The lowest BCUT2D eigenvalue weighted by molar-refractivity contribution is -0.0319. The molecule has 0 amide bonds. The van der Waals surface area contributed by atoms with E-state index >= 15 is 0 Å². The third-order valence-corrected chi connectivity index (χ3v) is 3.61. The molecule has 0 N–H and O–H groups in total. The Hall–Kier alpha value is -1.48. The van der Waals surface area contributed by atoms with E-state index in [0.29, 0.717) is 0 Å². The molecule has 1 saturated heterocycles. The minimum absolute atomic E-state index is 0.133. The molecule has 3 rings (SSSR count). The van der Waals surface area contributed by atoms with E-state index in [2.05, 4.69) is 13.0 Å². The summed E-state index contributed by atoms with van der Waals surface area (Å²) in [5.41, 5.74) is 2.17. The second kappa shape index (κ2) is 4.32. The highest BCUT2D eigenvalue weighted by atomic mass is 16.5. The maximum absolute atomic E-state index is 6.19. The Bertz CT molecular complexity index is 512. The van der Waals surface area contributed by atoms with Crippen molar-refractivity contribution in [2.75, 3.05) is 0 Å². The molecular formula is C15H18O3. The quantitative estimate of drug-likeness (QED) is 0.820. The van der Waals surface area contributed by atoms with Crippen molar-refractivity contribution in [1.29, 1.82) is 0 Å². The summed E-state index contributed by atoms with van der Waals surface area (Å²) in [5.74, 6) is 1.00. The number of furan rings is 2. The first-order chi connectivity index (χ1) is 8.65. The van der Waals surface area contributed by atoms with Gasteiger partial charge in [-0.25, -0.2) is 0 Å². The van der Waals surface area contributed by atoms with Crippen LogP contribution in [0.1, 0.15) is 42.8 Å². The smallest absolute Gasteiger partial charge is 0.106 e. The van der Waals surface area contributed by atoms with Gasteiger partial charge in [-0.05, 0) is 44.4 Å². The molecule has 0 bridgehead atoms. The molecular weight excluding hydrogens is 228 g/mol. The summed E-state index contributed by atoms with van der Waals surface area (Å²) < 4.78 is 16.8. The van der Waals surface area contributed by atoms with E-state index in [4.69, 9.17) is 13.6 Å². The van der Waals surface area contributed by atoms with Crippen LogP contribution in [0.5, 0.6) is 0 Å². The molecule has 0 spiro atoms. The molecule has 1 fully saturated rings. The van der Waals surface area contributed by atoms with Crippen LogP contribution in [0.3, 0.4) is 0 Å². The Labute approximate surface area is 107 Å². The van der Waals surface area contributed by atoms with Gasteiger partial charge in [0.15, 0.2) is 0 Å². The van der Waals surface area contributed by atoms with E-state index in [0.717, 1.165) is 36.1 Å². The summed E-state index contributed by atoms with van der Waals surface area (Å²) >= 11 is 0. The van der Waals surface area contributed by atoms with Crippen molar-refractivity contribution in [3.8, 4) is 0 Å². The lowest BCUT2D eigenvalue weighted by Gasteiger charge is -2.23. The van der Waals surface area contributed by atoms with Gasteiger partial charge < -0.3 is 13.6 Å². The molecule has 2 aromatic rings. The van der Waals surface area contributed by atoms with Crippen LogP contribution in [0.25, 0.3) is 0 Å². The van der Waals surface area contributed by atoms with Crippen molar-refractivity contribution >= 4 is 0 Å². The first kappa shape index (κ1) is 11.6. The Morgan fingerprint density at radius 2 is 2.28 bits per heavy atom. The minimum atomic E-state index is -0.133. The fourth-order valence-electron chi connectivity index (χ4n) is 2.67. The SMILES string of the molecule is Cc1coc(CC2(C)CCC(c3ccoc3)O2)c1. The zero-order valence-corrected chi connectivity index (χ0v) is 10.8. The van der Waals surface area contributed by atoms with E-state index in [1.54, 1.807) is 18.8 Å². The van der Waals surface area contributed by atoms with E-state index in [9.17, 15) is 0 Å². The molecule has 96 valence electrons. The first-order valence-corrected chi connectivity index (χ1v) is 6.39. The Balaban J connectivity index is 1.70. The van der Waals surface area contributed by atoms with Gasteiger partial charge in [0.2, 0.25) is 0 Å². The lowest BCUT2D eigenvalue weighted by Crippen LogP contribution is -2.26. The summed E-state index contributed by atoms with van der Waals surface area (Å²) in [6, 6.07) is 4.06. The third kappa shape index (κ3) is 2.23. The highest BCUT2D eigenvalue weighted by molar-refractivity contribution is 5.15. The summed E-state index contributed by atoms with van der Waals surface area (Å²) in [5, 5.41) is 0. The zero-order valence-electron chi connectivity index (χ0n) is 10.8. The van der Waals surface area contributed by atoms with Gasteiger partial charge in [-0.15, -0.1) is 0 Å². The number of hydrogen-bond donors (Lipinski definition) is 0. The molecule has 0 saturated carbocycles. The Morgan fingerprint density at radius 3 is 2.94 bits per heavy atom. The molecule has 2 atom stereocenters. The molecule has 1 aliphatic rings. The molecule has 3 heteroatoms. The van der Waals surface area contributed by atoms with Crippen molar-refractivity contribution in [2.24, 2.45) is 0 Å². The zero-order chi connectivity index (χ0) is 12.6. The fraction of sp³-hybridized carbons (Fsp3) is 0.467. The maximum atomic E-state index is 6.19. The van der Waals surface area contributed by atoms with Gasteiger partial charge in [-0.1, -0.05) is 0 Å². The average molecular weight is 246 g/mol. The number of aryl methyl sites for hydroxylation is 1. The van der Waals surface area contributed by atoms with E-state index in [1.807, 2.05) is 13.0 Å². The van der Waals surface area contributed by atoms with Crippen LogP contribution < -0.4 is 0 Å². The van der Waals surface area contributed by atoms with Crippen molar-refractivity contribution < 1.29 is 13.6 Å². The summed E-state index contributed by atoms with van der Waals surface area (Å²) in [6.45, 7) is 4.20. The Morgan fingerprint density at radius 1 is 1.39 bits per heavy atom. The van der Waals surface area contributed by atoms with Crippen molar-refractivity contribution in [3.63, 3.8) is 0 Å². The molecule has 18 heavy (non-hydrogen) atoms. The second-order valence-electron chi connectivity index (χ2n) is 5.42. The highest BCUT2D eigenvalue weighted by Gasteiger charge is 2.37. The third-order valence-electron chi connectivity index (χ3n) is 3.61. The predicted molar refractivity (Wildman–Crippen MR) is 67.3 cm³/mol. The minimum Gasteiger partial charge on any atom is -0.472 e. The molecule has 1 aliphatic heterocycles. The molecule has 0 aliphatic carbocycles. The van der Waals surface area contributed by atoms with E-state index in [1.165, 1.54) is 0 Å². The fourth-order valence-corrected chi connectivity index (χ4v) is 2.67. The van der Waals surface area contributed by atoms with Crippen LogP contribution >= 0.6 is 0 Å². The largest absolute Gasteiger partial charge is 0.472 e. The highest BCUT2D eigenvalue weighted by Crippen LogP contribution is 2.41. The van der Waals surface area contributed by atoms with Gasteiger partial charge in [-0.3, -0.25) is 0 Å². The number of rotatable bonds is 3. The van der Waals surface area contributed by atoms with Gasteiger partial charge >= 0.3 is 0 Å². The van der Waals surface area contributed by atoms with Crippen LogP contribution in [0, 0.1) is 6.92 Å². The van der Waals surface area contributed by atoms with Gasteiger partial charge in [-0.2, -0.15) is 0 Å². The van der Waals surface area contributed by atoms with E-state index in [-0.39, 0.29) is 11.7 Å². The summed E-state index contributed by atoms with van der Waals surface area (Å²) in [7, 11) is 0. The first-order valence-electron chi connectivity index (χ1n) is 6.39. The van der Waals surface area contributed by atoms with Crippen LogP contribution in [0.2, 0.25) is 0 Å². The van der Waals surface area contributed by atoms with Crippen molar-refractivity contribution in [2.45, 2.75) is 44.8 Å². The average Bonchev–Trinajstić information content (AvgIpc) is 3.00. The van der Waals surface area contributed by atoms with Crippen molar-refractivity contribution in [1.82, 2.24) is 0 Å². The van der Waals surface area contributed by atoms with Gasteiger partial charge in [0, 0.05) is 12.0 Å². The van der Waals surface area contributed by atoms with Crippen molar-refractivity contribution in [3.05, 3.63) is 47.8 Å². The molecule has 0 radical (unpaired) electrons. The molecule has 2 aromatic heterocycles. The van der Waals surface area contributed by atoms with Crippen LogP contribution in [0.15, 0.2) is 39.8 Å². The van der Waals surface area contributed by atoms with Gasteiger partial charge in [0.25, 0.3) is 0 Å². The lowest BCUT2D eigenvalue weighted by atomic mass is 9.96. The number of hydrogen-bond acceptors (Lipinski definition) is 3. The topological polar surface area (TPSA) is 35.5 Å². The monoisotopic (exact) mass is 246 g/mol. The van der Waals surface area contributed by atoms with Crippen LogP contribution in [-0.4, -0.2) is 5.60 Å². The normalized spacial score (nSPS) is 27.8. The summed E-state index contributed by atoms with van der Waals surface area (Å²) in [4.78, 5) is 0. The van der Waals surface area contributed by atoms with Gasteiger partial charge in [0.1, 0.15) is 5.76 Å². The molecule has 2 unspecified atom stereocenters. The molecule has 0 aromatic carbocycles. The van der Waals surface area contributed by atoms with Crippen LogP contribution in [0.4, 0.5) is 0 Å². The summed E-state index contributed by atoms with van der Waals surface area (Å²) in [6.07, 6.45) is 8.33. The predicted octanol–water partition coefficient (Wildman–Crippen LogP) is 4.03. The Kier molecular flexibility index (Phi) is 2.78.